The van der Waals surface area contributed by atoms with E-state index in [9.17, 15) is 27.9 Å². The number of halogens is 3. The molecule has 1 unspecified atom stereocenters. The van der Waals surface area contributed by atoms with E-state index in [1.165, 1.54) is 16.2 Å². The van der Waals surface area contributed by atoms with Gasteiger partial charge in [0.25, 0.3) is 5.91 Å². The van der Waals surface area contributed by atoms with Gasteiger partial charge >= 0.3 is 6.18 Å². The number of aryl methyl sites for hydroxylation is 2. The van der Waals surface area contributed by atoms with Gasteiger partial charge in [0.1, 0.15) is 0 Å². The molecule has 0 aromatic carbocycles. The maximum Gasteiger partial charge on any atom is 0.426 e. The zero-order chi connectivity index (χ0) is 21.7. The minimum atomic E-state index is -5.09. The van der Waals surface area contributed by atoms with Gasteiger partial charge < -0.3 is 20.1 Å². The Bertz CT molecular complexity index is 818. The molecule has 166 valence electrons. The first-order chi connectivity index (χ1) is 14.1. The summed E-state index contributed by atoms with van der Waals surface area (Å²) in [5.41, 5.74) is -2.46. The number of amides is 2. The number of carbonyl (C=O) groups is 2. The maximum absolute atomic E-state index is 13.1. The van der Waals surface area contributed by atoms with Crippen LogP contribution in [0.25, 0.3) is 0 Å². The number of carbonyl (C=O) groups excluding carboxylic acids is 2. The first-order valence-electron chi connectivity index (χ1n) is 10.1. The van der Waals surface area contributed by atoms with Crippen LogP contribution in [0.15, 0.2) is 0 Å². The lowest BCUT2D eigenvalue weighted by Crippen LogP contribution is -2.63. The van der Waals surface area contributed by atoms with Crippen molar-refractivity contribution in [3.63, 3.8) is 0 Å². The summed E-state index contributed by atoms with van der Waals surface area (Å²) in [7, 11) is 0. The highest BCUT2D eigenvalue weighted by Gasteiger charge is 2.59. The molecule has 7 nitrogen and oxygen atoms in total. The highest BCUT2D eigenvalue weighted by molar-refractivity contribution is 7.15. The van der Waals surface area contributed by atoms with E-state index in [1.807, 2.05) is 0 Å². The van der Waals surface area contributed by atoms with Crippen molar-refractivity contribution in [1.29, 1.82) is 0 Å². The molecule has 4 rings (SSSR count). The largest absolute Gasteiger partial charge is 0.426 e. The van der Waals surface area contributed by atoms with Crippen molar-refractivity contribution < 1.29 is 32.6 Å². The van der Waals surface area contributed by atoms with Crippen LogP contribution in [0.3, 0.4) is 0 Å². The lowest BCUT2D eigenvalue weighted by atomic mass is 9.85. The molecule has 2 amide bonds. The van der Waals surface area contributed by atoms with Gasteiger partial charge in [-0.15, -0.1) is 11.3 Å². The summed E-state index contributed by atoms with van der Waals surface area (Å²) in [6.07, 6.45) is -1.29. The highest BCUT2D eigenvalue weighted by Crippen LogP contribution is 2.38. The van der Waals surface area contributed by atoms with Gasteiger partial charge in [-0.05, 0) is 45.4 Å². The van der Waals surface area contributed by atoms with Crippen molar-refractivity contribution in [2.75, 3.05) is 18.5 Å². The zero-order valence-electron chi connectivity index (χ0n) is 16.5. The van der Waals surface area contributed by atoms with E-state index in [2.05, 4.69) is 10.3 Å². The van der Waals surface area contributed by atoms with Crippen molar-refractivity contribution >= 4 is 28.3 Å². The van der Waals surface area contributed by atoms with Crippen molar-refractivity contribution in [3.8, 4) is 0 Å². The van der Waals surface area contributed by atoms with Gasteiger partial charge in [-0.3, -0.25) is 9.59 Å². The van der Waals surface area contributed by atoms with Crippen molar-refractivity contribution in [2.45, 2.75) is 69.4 Å². The summed E-state index contributed by atoms with van der Waals surface area (Å²) in [5, 5.41) is 13.2. The normalized spacial score (nSPS) is 28.4. The number of hydrogen-bond acceptors (Lipinski definition) is 6. The smallest absolute Gasteiger partial charge is 0.375 e. The quantitative estimate of drug-likeness (QED) is 0.742. The number of likely N-dealkylation sites (tertiary alicyclic amines) is 1. The van der Waals surface area contributed by atoms with Crippen LogP contribution in [0.1, 0.15) is 43.2 Å². The Morgan fingerprint density at radius 3 is 2.70 bits per heavy atom. The first-order valence-corrected chi connectivity index (χ1v) is 10.9. The average molecular weight is 447 g/mol. The Kier molecular flexibility index (Phi) is 5.56. The minimum absolute atomic E-state index is 0.0535. The van der Waals surface area contributed by atoms with Crippen LogP contribution in [0.5, 0.6) is 0 Å². The molecule has 4 atom stereocenters. The fraction of sp³-hybridized carbons (Fsp3) is 0.737. The third-order valence-corrected chi connectivity index (χ3v) is 7.30. The standard InChI is InChI=1S/C19H24F3N3O4S/c1-18(28,19(20,21)22)16(27)25-8-6-10(14-12(25)7-9-29-14)15(26)24-17-23-11-4-2-3-5-13(11)30-17/h10,12,14,28H,2-9H2,1H3,(H,23,24,26)/t10-,12+,14-,18?/m1/s1. The lowest BCUT2D eigenvalue weighted by Gasteiger charge is -2.43. The molecular weight excluding hydrogens is 423 g/mol. The topological polar surface area (TPSA) is 91.8 Å². The Labute approximate surface area is 175 Å². The SMILES string of the molecule is CC(O)(C(=O)N1CC[C@@H](C(=O)Nc2nc3c(s2)CCCC3)[C@H]2OCC[C@@H]21)C(F)(F)F. The molecule has 1 aromatic heterocycles. The number of thiazole rings is 1. The van der Waals surface area contributed by atoms with E-state index in [4.69, 9.17) is 4.74 Å². The second kappa shape index (κ2) is 7.76. The third kappa shape index (κ3) is 3.71. The van der Waals surface area contributed by atoms with Gasteiger partial charge in [0.2, 0.25) is 11.5 Å². The van der Waals surface area contributed by atoms with Crippen LogP contribution >= 0.6 is 11.3 Å². The minimum Gasteiger partial charge on any atom is -0.375 e. The highest BCUT2D eigenvalue weighted by atomic mass is 32.1. The van der Waals surface area contributed by atoms with E-state index in [1.54, 1.807) is 0 Å². The molecular formula is C19H24F3N3O4S. The summed E-state index contributed by atoms with van der Waals surface area (Å²) in [6, 6.07) is -0.680. The molecule has 2 N–H and O–H groups in total. The Morgan fingerprint density at radius 2 is 2.00 bits per heavy atom. The van der Waals surface area contributed by atoms with Crippen LogP contribution < -0.4 is 5.32 Å². The van der Waals surface area contributed by atoms with E-state index in [0.717, 1.165) is 36.3 Å². The summed E-state index contributed by atoms with van der Waals surface area (Å²) in [5.74, 6) is -2.30. The molecule has 2 saturated heterocycles. The van der Waals surface area contributed by atoms with E-state index >= 15 is 0 Å². The number of nitrogens with zero attached hydrogens (tertiary/aromatic N) is 2. The monoisotopic (exact) mass is 447 g/mol. The summed E-state index contributed by atoms with van der Waals surface area (Å²) in [6.45, 7) is 0.647. The molecule has 2 fully saturated rings. The van der Waals surface area contributed by atoms with Crippen LogP contribution in [-0.2, 0) is 27.2 Å². The van der Waals surface area contributed by atoms with Gasteiger partial charge in [-0.2, -0.15) is 13.2 Å². The second-order valence-corrected chi connectivity index (χ2v) is 9.32. The van der Waals surface area contributed by atoms with Gasteiger partial charge in [0.05, 0.1) is 23.8 Å². The van der Waals surface area contributed by atoms with Gasteiger partial charge in [-0.1, -0.05) is 0 Å². The molecule has 2 aliphatic heterocycles. The molecule has 0 bridgehead atoms. The fourth-order valence-corrected chi connectivity index (χ4v) is 5.52. The summed E-state index contributed by atoms with van der Waals surface area (Å²) in [4.78, 5) is 32.1. The number of nitrogens with one attached hydrogen (secondary N) is 1. The Hall–Kier alpha value is -1.72. The molecule has 0 spiro atoms. The number of ether oxygens (including phenoxy) is 1. The average Bonchev–Trinajstić information content (AvgIpc) is 3.32. The van der Waals surface area contributed by atoms with Gasteiger partial charge in [0, 0.05) is 18.0 Å². The van der Waals surface area contributed by atoms with Crippen LogP contribution in [0, 0.1) is 5.92 Å². The van der Waals surface area contributed by atoms with Crippen molar-refractivity contribution in [1.82, 2.24) is 9.88 Å². The van der Waals surface area contributed by atoms with E-state index < -0.39 is 35.7 Å². The van der Waals surface area contributed by atoms with Crippen LogP contribution in [-0.4, -0.2) is 63.9 Å². The number of aliphatic hydroxyl groups is 1. The molecule has 11 heteroatoms. The van der Waals surface area contributed by atoms with E-state index in [0.29, 0.717) is 18.5 Å². The number of hydrogen-bond donors (Lipinski definition) is 2. The maximum atomic E-state index is 13.1. The Morgan fingerprint density at radius 1 is 1.27 bits per heavy atom. The van der Waals surface area contributed by atoms with Gasteiger partial charge in [0.15, 0.2) is 5.13 Å². The number of alkyl halides is 3. The number of fused-ring (bicyclic) bond motifs is 2. The molecule has 0 radical (unpaired) electrons. The summed E-state index contributed by atoms with van der Waals surface area (Å²) < 4.78 is 45.0. The lowest BCUT2D eigenvalue weighted by molar-refractivity contribution is -0.252. The zero-order valence-corrected chi connectivity index (χ0v) is 17.3. The molecule has 1 aliphatic carbocycles. The first kappa shape index (κ1) is 21.5. The van der Waals surface area contributed by atoms with Gasteiger partial charge in [-0.25, -0.2) is 4.98 Å². The second-order valence-electron chi connectivity index (χ2n) is 8.24. The van der Waals surface area contributed by atoms with Crippen LogP contribution in [0.2, 0.25) is 0 Å². The number of piperidine rings is 1. The van der Waals surface area contributed by atoms with Crippen LogP contribution in [0.4, 0.5) is 18.3 Å². The predicted octanol–water partition coefficient (Wildman–Crippen LogP) is 2.28. The summed E-state index contributed by atoms with van der Waals surface area (Å²) >= 11 is 1.46. The molecule has 1 aromatic rings. The van der Waals surface area contributed by atoms with Crippen molar-refractivity contribution in [3.05, 3.63) is 10.6 Å². The molecule has 0 saturated carbocycles. The number of aromatic nitrogens is 1. The number of anilines is 1. The Balaban J connectivity index is 1.47. The number of rotatable bonds is 3. The van der Waals surface area contributed by atoms with Crippen molar-refractivity contribution in [2.24, 2.45) is 5.92 Å². The third-order valence-electron chi connectivity index (χ3n) is 6.22. The molecule has 3 aliphatic rings. The fourth-order valence-electron chi connectivity index (χ4n) is 4.46. The predicted molar refractivity (Wildman–Crippen MR) is 102 cm³/mol. The molecule has 3 heterocycles. The van der Waals surface area contributed by atoms with E-state index in [-0.39, 0.29) is 25.5 Å². The molecule has 30 heavy (non-hydrogen) atoms.